The average Bonchev–Trinajstić information content (AvgIpc) is 2.58. The van der Waals surface area contributed by atoms with Crippen molar-refractivity contribution in [2.75, 3.05) is 12.9 Å². The van der Waals surface area contributed by atoms with Crippen LogP contribution in [0.5, 0.6) is 0 Å². The molecular weight excluding hydrogens is 258 g/mol. The van der Waals surface area contributed by atoms with E-state index in [1.54, 1.807) is 33.0 Å². The lowest BCUT2D eigenvalue weighted by atomic mass is 10.2. The van der Waals surface area contributed by atoms with Crippen molar-refractivity contribution < 1.29 is 22.1 Å². The number of carbonyl (C=O) groups is 1. The highest BCUT2D eigenvalue weighted by Crippen LogP contribution is 2.19. The number of amides is 1. The second-order valence-corrected chi connectivity index (χ2v) is 6.79. The highest BCUT2D eigenvalue weighted by atomic mass is 32.2. The molecule has 0 fully saturated rings. The maximum absolute atomic E-state index is 11.8. The second kappa shape index (κ2) is 5.27. The molecule has 1 amide bonds. The summed E-state index contributed by atoms with van der Waals surface area (Å²) < 4.78 is 31.8. The van der Waals surface area contributed by atoms with E-state index in [0.29, 0.717) is 6.42 Å². The fourth-order valence-corrected chi connectivity index (χ4v) is 1.85. The van der Waals surface area contributed by atoms with Crippen molar-refractivity contribution in [2.45, 2.75) is 38.8 Å². The Hall–Kier alpha value is -1.08. The van der Waals surface area contributed by atoms with Gasteiger partial charge in [-0.2, -0.15) is 8.42 Å². The number of hydrogen-bond donors (Lipinski definition) is 0. The van der Waals surface area contributed by atoms with Crippen LogP contribution in [-0.2, 0) is 19.0 Å². The molecule has 0 aromatic heterocycles. The molecular formula is C11H19NO5S. The van der Waals surface area contributed by atoms with Crippen LogP contribution in [0.15, 0.2) is 12.3 Å². The predicted octanol–water partition coefficient (Wildman–Crippen LogP) is 1.49. The zero-order valence-corrected chi connectivity index (χ0v) is 11.9. The summed E-state index contributed by atoms with van der Waals surface area (Å²) in [4.78, 5) is 13.2. The topological polar surface area (TPSA) is 72.9 Å². The number of nitrogens with zero attached hydrogens (tertiary/aromatic N) is 1. The fraction of sp³-hybridized carbons (Fsp3) is 0.727. The molecule has 7 heteroatoms. The van der Waals surface area contributed by atoms with Crippen molar-refractivity contribution in [3.8, 4) is 0 Å². The van der Waals surface area contributed by atoms with Crippen LogP contribution in [0.2, 0.25) is 0 Å². The monoisotopic (exact) mass is 277 g/mol. The van der Waals surface area contributed by atoms with Gasteiger partial charge in [0.1, 0.15) is 5.60 Å². The van der Waals surface area contributed by atoms with Gasteiger partial charge in [-0.3, -0.25) is 9.08 Å². The largest absolute Gasteiger partial charge is 0.443 e. The molecule has 1 unspecified atom stereocenters. The Balaban J connectivity index is 2.59. The highest BCUT2D eigenvalue weighted by molar-refractivity contribution is 7.85. The molecule has 1 rings (SSSR count). The Morgan fingerprint density at radius 3 is 2.56 bits per heavy atom. The summed E-state index contributed by atoms with van der Waals surface area (Å²) in [7, 11) is -3.50. The van der Waals surface area contributed by atoms with E-state index in [4.69, 9.17) is 8.92 Å². The van der Waals surface area contributed by atoms with Gasteiger partial charge in [-0.25, -0.2) is 4.79 Å². The van der Waals surface area contributed by atoms with E-state index in [-0.39, 0.29) is 12.6 Å². The summed E-state index contributed by atoms with van der Waals surface area (Å²) in [6.45, 7) is 5.25. The first kappa shape index (κ1) is 15.0. The molecule has 6 nitrogen and oxygen atoms in total. The molecule has 0 aromatic rings. The van der Waals surface area contributed by atoms with E-state index in [1.807, 2.05) is 0 Å². The molecule has 0 saturated heterocycles. The van der Waals surface area contributed by atoms with E-state index >= 15 is 0 Å². The smallest absolute Gasteiger partial charge is 0.414 e. The molecule has 0 radical (unpaired) electrons. The van der Waals surface area contributed by atoms with E-state index < -0.39 is 21.8 Å². The third-order valence-electron chi connectivity index (χ3n) is 2.15. The van der Waals surface area contributed by atoms with Crippen LogP contribution in [0.25, 0.3) is 0 Å². The number of ether oxygens (including phenoxy) is 1. The summed E-state index contributed by atoms with van der Waals surface area (Å²) in [6, 6.07) is -0.338. The first-order valence-electron chi connectivity index (χ1n) is 5.61. The van der Waals surface area contributed by atoms with Crippen molar-refractivity contribution >= 4 is 16.2 Å². The summed E-state index contributed by atoms with van der Waals surface area (Å²) in [5.41, 5.74) is -0.588. The maximum atomic E-state index is 11.8. The molecule has 0 spiro atoms. The summed E-state index contributed by atoms with van der Waals surface area (Å²) >= 11 is 0. The van der Waals surface area contributed by atoms with Gasteiger partial charge in [0.2, 0.25) is 0 Å². The van der Waals surface area contributed by atoms with Gasteiger partial charge in [-0.05, 0) is 27.2 Å². The standard InChI is InChI=1S/C11H19NO5S/c1-11(2,3)17-10(13)12-7-5-6-9(12)8-16-18(4,14)15/h5,7,9H,6,8H2,1-4H3. The Kier molecular flexibility index (Phi) is 4.39. The molecule has 1 aliphatic rings. The fourth-order valence-electron chi connectivity index (χ4n) is 1.44. The zero-order chi connectivity index (χ0) is 14.0. The van der Waals surface area contributed by atoms with E-state index in [0.717, 1.165) is 6.26 Å². The van der Waals surface area contributed by atoms with Crippen LogP contribution < -0.4 is 0 Å². The van der Waals surface area contributed by atoms with Gasteiger partial charge in [0.25, 0.3) is 10.1 Å². The first-order valence-corrected chi connectivity index (χ1v) is 7.42. The Bertz CT molecular complexity index is 435. The molecule has 0 bridgehead atoms. The summed E-state index contributed by atoms with van der Waals surface area (Å²) in [5, 5.41) is 0. The maximum Gasteiger partial charge on any atom is 0.414 e. The van der Waals surface area contributed by atoms with Crippen LogP contribution >= 0.6 is 0 Å². The van der Waals surface area contributed by atoms with Gasteiger partial charge < -0.3 is 4.74 Å². The predicted molar refractivity (Wildman–Crippen MR) is 66.4 cm³/mol. The minimum atomic E-state index is -3.50. The zero-order valence-electron chi connectivity index (χ0n) is 11.0. The van der Waals surface area contributed by atoms with Crippen molar-refractivity contribution in [3.05, 3.63) is 12.3 Å². The van der Waals surface area contributed by atoms with Crippen LogP contribution in [0.3, 0.4) is 0 Å². The SMILES string of the molecule is CC(C)(C)OC(=O)N1C=CCC1COS(C)(=O)=O. The third kappa shape index (κ3) is 5.05. The van der Waals surface area contributed by atoms with Gasteiger partial charge in [0.05, 0.1) is 18.9 Å². The number of rotatable bonds is 3. The quantitative estimate of drug-likeness (QED) is 0.731. The third-order valence-corrected chi connectivity index (χ3v) is 2.71. The average molecular weight is 277 g/mol. The molecule has 104 valence electrons. The Morgan fingerprint density at radius 2 is 2.06 bits per heavy atom. The van der Waals surface area contributed by atoms with Crippen molar-refractivity contribution in [1.82, 2.24) is 4.90 Å². The highest BCUT2D eigenvalue weighted by Gasteiger charge is 2.30. The molecule has 0 saturated carbocycles. The minimum Gasteiger partial charge on any atom is -0.443 e. The molecule has 1 atom stereocenters. The van der Waals surface area contributed by atoms with E-state index in [9.17, 15) is 13.2 Å². The lowest BCUT2D eigenvalue weighted by molar-refractivity contribution is 0.0253. The van der Waals surface area contributed by atoms with Gasteiger partial charge in [-0.15, -0.1) is 0 Å². The lowest BCUT2D eigenvalue weighted by Gasteiger charge is -2.27. The van der Waals surface area contributed by atoms with Crippen molar-refractivity contribution in [2.24, 2.45) is 0 Å². The summed E-state index contributed by atoms with van der Waals surface area (Å²) in [5.74, 6) is 0. The van der Waals surface area contributed by atoms with Crippen molar-refractivity contribution in [1.29, 1.82) is 0 Å². The van der Waals surface area contributed by atoms with Crippen LogP contribution in [-0.4, -0.2) is 43.9 Å². The normalized spacial score (nSPS) is 20.2. The minimum absolute atomic E-state index is 0.0644. The van der Waals surface area contributed by atoms with Crippen LogP contribution in [0, 0.1) is 0 Å². The molecule has 1 heterocycles. The van der Waals surface area contributed by atoms with E-state index in [2.05, 4.69) is 0 Å². The second-order valence-electron chi connectivity index (χ2n) is 5.15. The number of hydrogen-bond acceptors (Lipinski definition) is 5. The van der Waals surface area contributed by atoms with E-state index in [1.165, 1.54) is 4.90 Å². The first-order chi connectivity index (χ1) is 8.08. The Morgan fingerprint density at radius 1 is 1.44 bits per heavy atom. The molecule has 18 heavy (non-hydrogen) atoms. The van der Waals surface area contributed by atoms with Gasteiger partial charge >= 0.3 is 6.09 Å². The van der Waals surface area contributed by atoms with Crippen LogP contribution in [0.4, 0.5) is 4.79 Å². The molecule has 0 N–H and O–H groups in total. The van der Waals surface area contributed by atoms with Gasteiger partial charge in [0, 0.05) is 6.20 Å². The van der Waals surface area contributed by atoms with Crippen LogP contribution in [0.1, 0.15) is 27.2 Å². The molecule has 1 aliphatic heterocycles. The van der Waals surface area contributed by atoms with Crippen molar-refractivity contribution in [3.63, 3.8) is 0 Å². The number of carbonyl (C=O) groups excluding carboxylic acids is 1. The molecule has 0 aromatic carbocycles. The van der Waals surface area contributed by atoms with Gasteiger partial charge in [0.15, 0.2) is 0 Å². The summed E-state index contributed by atoms with van der Waals surface area (Å²) in [6.07, 6.45) is 4.39. The molecule has 0 aliphatic carbocycles. The lowest BCUT2D eigenvalue weighted by Crippen LogP contribution is -2.40. The van der Waals surface area contributed by atoms with Gasteiger partial charge in [-0.1, -0.05) is 6.08 Å². The Labute approximate surface area is 108 Å².